The maximum absolute atomic E-state index is 13.4. The Morgan fingerprint density at radius 1 is 0.933 bits per heavy atom. The fourth-order valence-corrected chi connectivity index (χ4v) is 4.09. The Hall–Kier alpha value is -3.29. The first-order valence-electron chi connectivity index (χ1n) is 9.35. The summed E-state index contributed by atoms with van der Waals surface area (Å²) in [4.78, 5) is 33.8. The van der Waals surface area contributed by atoms with Gasteiger partial charge in [-0.25, -0.2) is 9.96 Å². The molecule has 3 heterocycles. The first kappa shape index (κ1) is 18.7. The molecule has 3 aromatic rings. The zero-order valence-electron chi connectivity index (χ0n) is 15.9. The number of furan rings is 1. The molecule has 1 aromatic heterocycles. The third kappa shape index (κ3) is 2.86. The Labute approximate surface area is 177 Å². The van der Waals surface area contributed by atoms with Crippen molar-refractivity contribution >= 4 is 34.8 Å². The smallest absolute Gasteiger partial charge is 0.266 e. The van der Waals surface area contributed by atoms with Gasteiger partial charge < -0.3 is 9.15 Å². The first-order chi connectivity index (χ1) is 14.6. The van der Waals surface area contributed by atoms with Crippen LogP contribution in [0.15, 0.2) is 71.3 Å². The average molecular weight is 425 g/mol. The van der Waals surface area contributed by atoms with Crippen molar-refractivity contribution in [2.24, 2.45) is 5.92 Å². The highest BCUT2D eigenvalue weighted by Gasteiger charge is 2.61. The highest BCUT2D eigenvalue weighted by molar-refractivity contribution is 6.30. The number of fused-ring (bicyclic) bond motifs is 1. The van der Waals surface area contributed by atoms with Gasteiger partial charge in [-0.2, -0.15) is 0 Å². The van der Waals surface area contributed by atoms with Crippen LogP contribution in [0.4, 0.5) is 11.4 Å². The van der Waals surface area contributed by atoms with E-state index in [2.05, 4.69) is 0 Å². The molecule has 3 atom stereocenters. The molecule has 2 saturated heterocycles. The van der Waals surface area contributed by atoms with E-state index in [0.717, 1.165) is 0 Å². The number of methoxy groups -OCH3 is 1. The summed E-state index contributed by atoms with van der Waals surface area (Å²) in [5.74, 6) is -0.329. The highest BCUT2D eigenvalue weighted by atomic mass is 35.5. The van der Waals surface area contributed by atoms with Crippen LogP contribution >= 0.6 is 11.6 Å². The number of amides is 2. The highest BCUT2D eigenvalue weighted by Crippen LogP contribution is 2.47. The molecule has 2 aliphatic heterocycles. The van der Waals surface area contributed by atoms with Gasteiger partial charge in [0.15, 0.2) is 6.10 Å². The van der Waals surface area contributed by atoms with Crippen molar-refractivity contribution in [2.75, 3.05) is 17.1 Å². The van der Waals surface area contributed by atoms with E-state index in [9.17, 15) is 9.59 Å². The lowest BCUT2D eigenvalue weighted by molar-refractivity contribution is -0.126. The van der Waals surface area contributed by atoms with E-state index in [1.807, 2.05) is 0 Å². The molecular formula is C22H17ClN2O5. The third-order valence-electron chi connectivity index (χ3n) is 5.36. The standard InChI is InChI=1S/C22H17ClN2O5/c1-28-16-10-8-14(9-11-16)24-21(26)18-19(17-3-2-12-29-17)25(30-20(18)22(24)27)15-6-4-13(23)5-7-15/h2-12,18-20H,1H3/t18-,19-,20-/m1/s1. The maximum atomic E-state index is 13.4. The third-order valence-corrected chi connectivity index (χ3v) is 5.61. The number of carbonyl (C=O) groups is 2. The summed E-state index contributed by atoms with van der Waals surface area (Å²) in [7, 11) is 1.55. The number of ether oxygens (including phenoxy) is 1. The van der Waals surface area contributed by atoms with Gasteiger partial charge in [0, 0.05) is 5.02 Å². The Morgan fingerprint density at radius 2 is 1.63 bits per heavy atom. The molecule has 2 aromatic carbocycles. The molecule has 0 saturated carbocycles. The Balaban J connectivity index is 1.53. The van der Waals surface area contributed by atoms with Crippen LogP contribution in [-0.2, 0) is 14.4 Å². The molecular weight excluding hydrogens is 408 g/mol. The Morgan fingerprint density at radius 3 is 2.27 bits per heavy atom. The van der Waals surface area contributed by atoms with Crippen molar-refractivity contribution in [3.05, 3.63) is 77.7 Å². The second-order valence-corrected chi connectivity index (χ2v) is 7.46. The lowest BCUT2D eigenvalue weighted by Crippen LogP contribution is -2.37. The molecule has 7 nitrogen and oxygen atoms in total. The molecule has 2 amide bonds. The molecule has 152 valence electrons. The largest absolute Gasteiger partial charge is 0.497 e. The van der Waals surface area contributed by atoms with Crippen LogP contribution in [0.3, 0.4) is 0 Å². The van der Waals surface area contributed by atoms with Crippen LogP contribution in [0.25, 0.3) is 0 Å². The van der Waals surface area contributed by atoms with E-state index < -0.39 is 24.0 Å². The minimum absolute atomic E-state index is 0.340. The second-order valence-electron chi connectivity index (χ2n) is 7.02. The zero-order chi connectivity index (χ0) is 20.8. The van der Waals surface area contributed by atoms with Crippen LogP contribution in [-0.4, -0.2) is 25.0 Å². The summed E-state index contributed by atoms with van der Waals surface area (Å²) < 4.78 is 10.8. The summed E-state index contributed by atoms with van der Waals surface area (Å²) in [6.07, 6.45) is 0.580. The molecule has 30 heavy (non-hydrogen) atoms. The Kier molecular flexibility index (Phi) is 4.49. The van der Waals surface area contributed by atoms with E-state index >= 15 is 0 Å². The van der Waals surface area contributed by atoms with E-state index in [1.54, 1.807) is 72.8 Å². The van der Waals surface area contributed by atoms with Gasteiger partial charge in [-0.05, 0) is 60.7 Å². The normalized spacial score (nSPS) is 23.2. The Bertz CT molecular complexity index is 1080. The monoisotopic (exact) mass is 424 g/mol. The minimum atomic E-state index is -0.953. The molecule has 0 unspecified atom stereocenters. The van der Waals surface area contributed by atoms with Crippen molar-refractivity contribution in [2.45, 2.75) is 12.1 Å². The summed E-state index contributed by atoms with van der Waals surface area (Å²) in [5.41, 5.74) is 1.15. The van der Waals surface area contributed by atoms with E-state index in [0.29, 0.717) is 27.9 Å². The van der Waals surface area contributed by atoms with Crippen LogP contribution in [0.5, 0.6) is 5.75 Å². The van der Waals surface area contributed by atoms with Gasteiger partial charge in [0.1, 0.15) is 23.5 Å². The van der Waals surface area contributed by atoms with Gasteiger partial charge in [-0.3, -0.25) is 14.4 Å². The molecule has 0 bridgehead atoms. The van der Waals surface area contributed by atoms with Crippen molar-refractivity contribution in [3.63, 3.8) is 0 Å². The molecule has 0 spiro atoms. The molecule has 0 radical (unpaired) electrons. The molecule has 2 fully saturated rings. The fourth-order valence-electron chi connectivity index (χ4n) is 3.96. The number of nitrogens with zero attached hydrogens (tertiary/aromatic N) is 2. The van der Waals surface area contributed by atoms with Gasteiger partial charge in [0.05, 0.1) is 24.7 Å². The quantitative estimate of drug-likeness (QED) is 0.590. The van der Waals surface area contributed by atoms with Crippen molar-refractivity contribution in [1.29, 1.82) is 0 Å². The van der Waals surface area contributed by atoms with E-state index in [4.69, 9.17) is 25.6 Å². The van der Waals surface area contributed by atoms with Crippen molar-refractivity contribution in [3.8, 4) is 5.75 Å². The average Bonchev–Trinajstić information content (AvgIpc) is 3.47. The van der Waals surface area contributed by atoms with Gasteiger partial charge in [0.2, 0.25) is 5.91 Å². The fraction of sp³-hybridized carbons (Fsp3) is 0.182. The minimum Gasteiger partial charge on any atom is -0.497 e. The lowest BCUT2D eigenvalue weighted by atomic mass is 9.94. The number of anilines is 2. The van der Waals surface area contributed by atoms with Gasteiger partial charge in [0.25, 0.3) is 5.91 Å². The summed E-state index contributed by atoms with van der Waals surface area (Å²) >= 11 is 6.00. The van der Waals surface area contributed by atoms with Crippen molar-refractivity contribution < 1.29 is 23.6 Å². The van der Waals surface area contributed by atoms with Gasteiger partial charge in [-0.15, -0.1) is 0 Å². The molecule has 0 N–H and O–H groups in total. The van der Waals surface area contributed by atoms with E-state index in [-0.39, 0.29) is 5.91 Å². The zero-order valence-corrected chi connectivity index (χ0v) is 16.7. The summed E-state index contributed by atoms with van der Waals surface area (Å²) in [5, 5.41) is 2.14. The summed E-state index contributed by atoms with van der Waals surface area (Å²) in [6, 6.07) is 16.7. The number of carbonyl (C=O) groups excluding carboxylic acids is 2. The number of hydrogen-bond acceptors (Lipinski definition) is 6. The molecule has 8 heteroatoms. The second kappa shape index (κ2) is 7.19. The van der Waals surface area contributed by atoms with Crippen LogP contribution in [0.1, 0.15) is 11.8 Å². The predicted octanol–water partition coefficient (Wildman–Crippen LogP) is 3.99. The topological polar surface area (TPSA) is 72.2 Å². The molecule has 5 rings (SSSR count). The molecule has 0 aliphatic carbocycles. The van der Waals surface area contributed by atoms with Gasteiger partial charge >= 0.3 is 0 Å². The van der Waals surface area contributed by atoms with Crippen LogP contribution in [0, 0.1) is 5.92 Å². The SMILES string of the molecule is COc1ccc(N2C(=O)[C@@H]3[C@@H](c4ccco4)N(c4ccc(Cl)cc4)O[C@H]3C2=O)cc1. The lowest BCUT2D eigenvalue weighted by Gasteiger charge is -2.27. The summed E-state index contributed by atoms with van der Waals surface area (Å²) in [6.45, 7) is 0. The number of rotatable bonds is 4. The van der Waals surface area contributed by atoms with E-state index in [1.165, 1.54) is 11.2 Å². The number of hydrogen-bond donors (Lipinski definition) is 0. The maximum Gasteiger partial charge on any atom is 0.266 e. The van der Waals surface area contributed by atoms with Crippen LogP contribution < -0.4 is 14.7 Å². The molecule has 2 aliphatic rings. The van der Waals surface area contributed by atoms with Gasteiger partial charge in [-0.1, -0.05) is 11.6 Å². The predicted molar refractivity (Wildman–Crippen MR) is 109 cm³/mol. The first-order valence-corrected chi connectivity index (χ1v) is 9.73. The number of hydroxylamine groups is 1. The van der Waals surface area contributed by atoms with Crippen LogP contribution in [0.2, 0.25) is 5.02 Å². The number of halogens is 1. The number of imide groups is 1. The number of benzene rings is 2. The van der Waals surface area contributed by atoms with Crippen molar-refractivity contribution in [1.82, 2.24) is 0 Å².